The molecule has 0 bridgehead atoms. The molecule has 2 heterocycles. The molecule has 0 saturated carbocycles. The van der Waals surface area contributed by atoms with E-state index < -0.39 is 6.10 Å². The number of anilines is 1. The lowest BCUT2D eigenvalue weighted by molar-refractivity contribution is 0.199. The first-order valence-electron chi connectivity index (χ1n) is 6.56. The van der Waals surface area contributed by atoms with Gasteiger partial charge in [-0.25, -0.2) is 4.98 Å². The molecule has 3 heteroatoms. The Hall–Kier alpha value is -1.09. The second-order valence-corrected chi connectivity index (χ2v) is 5.15. The van der Waals surface area contributed by atoms with Crippen molar-refractivity contribution in [1.29, 1.82) is 0 Å². The lowest BCUT2D eigenvalue weighted by Gasteiger charge is -2.21. The average molecular weight is 234 g/mol. The molecule has 0 aromatic carbocycles. The van der Waals surface area contributed by atoms with Crippen molar-refractivity contribution < 1.29 is 5.11 Å². The zero-order valence-electron chi connectivity index (χ0n) is 10.8. The molecule has 17 heavy (non-hydrogen) atoms. The van der Waals surface area contributed by atoms with Gasteiger partial charge in [-0.2, -0.15) is 0 Å². The molecule has 0 amide bonds. The number of rotatable bonds is 2. The molecule has 94 valence electrons. The van der Waals surface area contributed by atoms with E-state index in [0.717, 1.165) is 30.4 Å². The third kappa shape index (κ3) is 3.19. The van der Waals surface area contributed by atoms with Crippen LogP contribution in [0, 0.1) is 5.92 Å². The van der Waals surface area contributed by atoms with E-state index in [1.54, 1.807) is 13.1 Å². The fourth-order valence-electron chi connectivity index (χ4n) is 2.32. The van der Waals surface area contributed by atoms with Crippen LogP contribution >= 0.6 is 0 Å². The summed E-state index contributed by atoms with van der Waals surface area (Å²) in [6, 6.07) is 4.00. The maximum Gasteiger partial charge on any atom is 0.128 e. The fourth-order valence-corrected chi connectivity index (χ4v) is 2.32. The Labute approximate surface area is 103 Å². The molecule has 2 unspecified atom stereocenters. The highest BCUT2D eigenvalue weighted by Crippen LogP contribution is 2.21. The van der Waals surface area contributed by atoms with Gasteiger partial charge in [0.1, 0.15) is 5.82 Å². The molecule has 0 aliphatic carbocycles. The number of hydrogen-bond acceptors (Lipinski definition) is 3. The summed E-state index contributed by atoms with van der Waals surface area (Å²) in [4.78, 5) is 6.81. The highest BCUT2D eigenvalue weighted by Gasteiger charge is 2.15. The first-order valence-corrected chi connectivity index (χ1v) is 6.56. The zero-order valence-corrected chi connectivity index (χ0v) is 10.8. The molecule has 1 aliphatic rings. The number of aromatic nitrogens is 1. The molecular weight excluding hydrogens is 212 g/mol. The van der Waals surface area contributed by atoms with E-state index in [-0.39, 0.29) is 0 Å². The van der Waals surface area contributed by atoms with Crippen LogP contribution in [0.25, 0.3) is 0 Å². The molecule has 1 aromatic heterocycles. The second kappa shape index (κ2) is 5.50. The predicted molar refractivity (Wildman–Crippen MR) is 70.1 cm³/mol. The van der Waals surface area contributed by atoms with Gasteiger partial charge >= 0.3 is 0 Å². The smallest absolute Gasteiger partial charge is 0.128 e. The summed E-state index contributed by atoms with van der Waals surface area (Å²) in [7, 11) is 0. The minimum atomic E-state index is -0.430. The van der Waals surface area contributed by atoms with Crippen molar-refractivity contribution >= 4 is 5.82 Å². The zero-order chi connectivity index (χ0) is 12.3. The summed E-state index contributed by atoms with van der Waals surface area (Å²) in [6.45, 7) is 6.30. The lowest BCUT2D eigenvalue weighted by atomic mass is 10.0. The summed E-state index contributed by atoms with van der Waals surface area (Å²) < 4.78 is 0. The van der Waals surface area contributed by atoms with Crippen LogP contribution in [0.2, 0.25) is 0 Å². The average Bonchev–Trinajstić information content (AvgIpc) is 2.54. The van der Waals surface area contributed by atoms with Crippen LogP contribution < -0.4 is 4.90 Å². The molecule has 3 nitrogen and oxygen atoms in total. The van der Waals surface area contributed by atoms with Gasteiger partial charge in [0.15, 0.2) is 0 Å². The van der Waals surface area contributed by atoms with Crippen molar-refractivity contribution in [3.8, 4) is 0 Å². The van der Waals surface area contributed by atoms with Gasteiger partial charge in [-0.3, -0.25) is 0 Å². The normalized spacial score (nSPS) is 23.2. The Morgan fingerprint density at radius 1 is 1.35 bits per heavy atom. The van der Waals surface area contributed by atoms with Crippen molar-refractivity contribution in [2.24, 2.45) is 5.92 Å². The Morgan fingerprint density at radius 2 is 2.18 bits per heavy atom. The minimum absolute atomic E-state index is 0.430. The number of aliphatic hydroxyl groups excluding tert-OH is 1. The standard InChI is InChI=1S/C14H22N2O/c1-11-4-3-8-16(9-7-11)14-6-5-13(10-15-14)12(2)17/h5-6,10-12,17H,3-4,7-9H2,1-2H3. The van der Waals surface area contributed by atoms with Gasteiger partial charge in [0.2, 0.25) is 0 Å². The molecule has 1 saturated heterocycles. The Kier molecular flexibility index (Phi) is 4.00. The summed E-state index contributed by atoms with van der Waals surface area (Å²) in [5.74, 6) is 1.88. The van der Waals surface area contributed by atoms with E-state index in [9.17, 15) is 5.11 Å². The van der Waals surface area contributed by atoms with E-state index in [1.165, 1.54) is 19.3 Å². The molecule has 2 rings (SSSR count). The molecular formula is C14H22N2O. The molecule has 2 atom stereocenters. The van der Waals surface area contributed by atoms with Crippen molar-refractivity contribution in [3.63, 3.8) is 0 Å². The Bertz CT molecular complexity index is 348. The van der Waals surface area contributed by atoms with Gasteiger partial charge in [0.05, 0.1) is 6.10 Å². The number of hydrogen-bond donors (Lipinski definition) is 1. The number of pyridine rings is 1. The van der Waals surface area contributed by atoms with Gasteiger partial charge in [-0.1, -0.05) is 13.0 Å². The maximum atomic E-state index is 9.45. The van der Waals surface area contributed by atoms with Crippen LogP contribution in [0.1, 0.15) is 44.8 Å². The SMILES string of the molecule is CC1CCCN(c2ccc(C(C)O)cn2)CC1. The molecule has 0 spiro atoms. The van der Waals surface area contributed by atoms with E-state index in [4.69, 9.17) is 0 Å². The van der Waals surface area contributed by atoms with E-state index >= 15 is 0 Å². The van der Waals surface area contributed by atoms with Crippen LogP contribution in [-0.4, -0.2) is 23.2 Å². The van der Waals surface area contributed by atoms with E-state index in [0.29, 0.717) is 0 Å². The minimum Gasteiger partial charge on any atom is -0.389 e. The predicted octanol–water partition coefficient (Wildman–Crippen LogP) is 2.76. The maximum absolute atomic E-state index is 9.45. The van der Waals surface area contributed by atoms with Crippen LogP contribution in [-0.2, 0) is 0 Å². The molecule has 1 N–H and O–H groups in total. The highest BCUT2D eigenvalue weighted by molar-refractivity contribution is 5.39. The summed E-state index contributed by atoms with van der Waals surface area (Å²) in [5.41, 5.74) is 0.886. The first kappa shape index (κ1) is 12.4. The van der Waals surface area contributed by atoms with Gasteiger partial charge in [-0.05, 0) is 43.7 Å². The van der Waals surface area contributed by atoms with Crippen LogP contribution in [0.5, 0.6) is 0 Å². The molecule has 1 aliphatic heterocycles. The molecule has 1 aromatic rings. The summed E-state index contributed by atoms with van der Waals surface area (Å²) in [6.07, 6.45) is 5.18. The first-order chi connectivity index (χ1) is 8.16. The second-order valence-electron chi connectivity index (χ2n) is 5.15. The van der Waals surface area contributed by atoms with Gasteiger partial charge < -0.3 is 10.0 Å². The van der Waals surface area contributed by atoms with Crippen LogP contribution in [0.3, 0.4) is 0 Å². The summed E-state index contributed by atoms with van der Waals surface area (Å²) >= 11 is 0. The largest absolute Gasteiger partial charge is 0.389 e. The summed E-state index contributed by atoms with van der Waals surface area (Å²) in [5, 5.41) is 9.45. The van der Waals surface area contributed by atoms with E-state index in [1.807, 2.05) is 12.1 Å². The van der Waals surface area contributed by atoms with Gasteiger partial charge in [0.25, 0.3) is 0 Å². The molecule has 0 radical (unpaired) electrons. The lowest BCUT2D eigenvalue weighted by Crippen LogP contribution is -2.25. The van der Waals surface area contributed by atoms with Crippen LogP contribution in [0.4, 0.5) is 5.82 Å². The number of nitrogens with zero attached hydrogens (tertiary/aromatic N) is 2. The van der Waals surface area contributed by atoms with Crippen LogP contribution in [0.15, 0.2) is 18.3 Å². The highest BCUT2D eigenvalue weighted by atomic mass is 16.3. The third-order valence-electron chi connectivity index (χ3n) is 3.59. The molecule has 1 fully saturated rings. The van der Waals surface area contributed by atoms with Crippen molar-refractivity contribution in [1.82, 2.24) is 4.98 Å². The van der Waals surface area contributed by atoms with Crippen molar-refractivity contribution in [2.45, 2.75) is 39.2 Å². The third-order valence-corrected chi connectivity index (χ3v) is 3.59. The van der Waals surface area contributed by atoms with E-state index in [2.05, 4.69) is 16.8 Å². The Morgan fingerprint density at radius 3 is 2.82 bits per heavy atom. The quantitative estimate of drug-likeness (QED) is 0.854. The monoisotopic (exact) mass is 234 g/mol. The van der Waals surface area contributed by atoms with Gasteiger partial charge in [0, 0.05) is 19.3 Å². The topological polar surface area (TPSA) is 36.4 Å². The Balaban J connectivity index is 2.06. The van der Waals surface area contributed by atoms with Gasteiger partial charge in [-0.15, -0.1) is 0 Å². The van der Waals surface area contributed by atoms with Crippen molar-refractivity contribution in [3.05, 3.63) is 23.9 Å². The number of aliphatic hydroxyl groups is 1. The van der Waals surface area contributed by atoms with Crippen molar-refractivity contribution in [2.75, 3.05) is 18.0 Å². The fraction of sp³-hybridized carbons (Fsp3) is 0.643.